The molecule has 10 heteroatoms. The number of thiocarbonyl (C=S) groups is 1. The van der Waals surface area contributed by atoms with Crippen molar-refractivity contribution in [3.05, 3.63) is 61.5 Å². The van der Waals surface area contributed by atoms with Crippen LogP contribution in [0.3, 0.4) is 0 Å². The zero-order valence-electron chi connectivity index (χ0n) is 18.2. The maximum absolute atomic E-state index is 12.9. The monoisotopic (exact) mass is 570 g/mol. The molecule has 0 aromatic heterocycles. The Balaban J connectivity index is 1.94. The smallest absolute Gasteiger partial charge is 0.265 e. The Kier molecular flexibility index (Phi) is 8.39. The van der Waals surface area contributed by atoms with Gasteiger partial charge in [-0.1, -0.05) is 29.3 Å². The number of hydrogen-bond donors (Lipinski definition) is 0. The summed E-state index contributed by atoms with van der Waals surface area (Å²) in [5.74, 6) is 0.0285. The molecule has 0 bridgehead atoms. The first-order chi connectivity index (χ1) is 15.7. The molecule has 0 N–H and O–H groups in total. The van der Waals surface area contributed by atoms with Crippen LogP contribution in [0.2, 0.25) is 10.0 Å². The van der Waals surface area contributed by atoms with E-state index in [1.165, 1.54) is 23.0 Å². The highest BCUT2D eigenvalue weighted by Crippen LogP contribution is 2.38. The lowest BCUT2D eigenvalue weighted by atomic mass is 10.1. The summed E-state index contributed by atoms with van der Waals surface area (Å²) in [7, 11) is 1.51. The Morgan fingerprint density at radius 1 is 1.06 bits per heavy atom. The molecule has 3 rings (SSSR count). The maximum Gasteiger partial charge on any atom is 0.265 e. The third-order valence-corrected chi connectivity index (χ3v) is 6.61. The van der Waals surface area contributed by atoms with Gasteiger partial charge >= 0.3 is 0 Å². The summed E-state index contributed by atoms with van der Waals surface area (Å²) in [5.41, 5.74) is 1.38. The molecule has 2 amide bonds. The SMILES string of the molecule is CCN1C(=O)C(=Cc2cc(Br)c(OCc3ccc(Cl)cc3Cl)c(OC)c2)C(=O)N(CC)C1=S. The first-order valence-corrected chi connectivity index (χ1v) is 12.0. The molecular formula is C23H21BrCl2N2O4S. The number of methoxy groups -OCH3 is 1. The van der Waals surface area contributed by atoms with Crippen molar-refractivity contribution in [2.45, 2.75) is 20.5 Å². The van der Waals surface area contributed by atoms with Crippen LogP contribution in [-0.4, -0.2) is 46.9 Å². The first kappa shape index (κ1) is 25.5. The number of hydrogen-bond acceptors (Lipinski definition) is 5. The van der Waals surface area contributed by atoms with Crippen LogP contribution in [0.15, 0.2) is 40.4 Å². The van der Waals surface area contributed by atoms with Gasteiger partial charge in [-0.3, -0.25) is 19.4 Å². The molecule has 0 atom stereocenters. The fourth-order valence-electron chi connectivity index (χ4n) is 3.30. The van der Waals surface area contributed by atoms with Crippen LogP contribution in [0.4, 0.5) is 0 Å². The van der Waals surface area contributed by atoms with Crippen molar-refractivity contribution in [1.82, 2.24) is 9.80 Å². The highest BCUT2D eigenvalue weighted by atomic mass is 79.9. The van der Waals surface area contributed by atoms with Crippen LogP contribution in [0, 0.1) is 0 Å². The molecule has 1 aliphatic rings. The quantitative estimate of drug-likeness (QED) is 0.241. The molecule has 0 aliphatic carbocycles. The number of rotatable bonds is 7. The highest BCUT2D eigenvalue weighted by Gasteiger charge is 2.37. The van der Waals surface area contributed by atoms with E-state index in [-0.39, 0.29) is 17.3 Å². The molecule has 174 valence electrons. The Labute approximate surface area is 216 Å². The van der Waals surface area contributed by atoms with Crippen molar-refractivity contribution in [3.8, 4) is 11.5 Å². The number of ether oxygens (including phenoxy) is 2. The van der Waals surface area contributed by atoms with E-state index < -0.39 is 11.8 Å². The fourth-order valence-corrected chi connectivity index (χ4v) is 4.76. The number of carbonyl (C=O) groups excluding carboxylic acids is 2. The number of halogens is 3. The maximum atomic E-state index is 12.9. The van der Waals surface area contributed by atoms with Gasteiger partial charge in [0.1, 0.15) is 12.2 Å². The molecule has 1 aliphatic heterocycles. The Bertz CT molecular complexity index is 1130. The van der Waals surface area contributed by atoms with E-state index in [9.17, 15) is 9.59 Å². The lowest BCUT2D eigenvalue weighted by Crippen LogP contribution is -2.55. The largest absolute Gasteiger partial charge is 0.493 e. The predicted octanol–water partition coefficient (Wildman–Crippen LogP) is 5.72. The molecule has 1 fully saturated rings. The van der Waals surface area contributed by atoms with Gasteiger partial charge in [-0.05, 0) is 77.9 Å². The molecule has 1 heterocycles. The normalized spacial score (nSPS) is 14.1. The summed E-state index contributed by atoms with van der Waals surface area (Å²) in [6, 6.07) is 8.60. The molecule has 2 aromatic rings. The van der Waals surface area contributed by atoms with Crippen molar-refractivity contribution in [1.29, 1.82) is 0 Å². The zero-order valence-corrected chi connectivity index (χ0v) is 22.1. The van der Waals surface area contributed by atoms with Crippen LogP contribution in [-0.2, 0) is 16.2 Å². The third kappa shape index (κ3) is 5.35. The van der Waals surface area contributed by atoms with Gasteiger partial charge in [0.2, 0.25) is 0 Å². The second-order valence-electron chi connectivity index (χ2n) is 7.00. The summed E-state index contributed by atoms with van der Waals surface area (Å²) in [6.07, 6.45) is 1.53. The van der Waals surface area contributed by atoms with Crippen molar-refractivity contribution < 1.29 is 19.1 Å². The Hall–Kier alpha value is -2.13. The second kappa shape index (κ2) is 10.9. The van der Waals surface area contributed by atoms with Gasteiger partial charge in [0, 0.05) is 28.7 Å². The van der Waals surface area contributed by atoms with Gasteiger partial charge in [0.25, 0.3) is 11.8 Å². The number of likely N-dealkylation sites (N-methyl/N-ethyl adjacent to an activating group) is 2. The van der Waals surface area contributed by atoms with Crippen LogP contribution in [0.5, 0.6) is 11.5 Å². The average Bonchev–Trinajstić information content (AvgIpc) is 2.77. The zero-order chi connectivity index (χ0) is 24.3. The van der Waals surface area contributed by atoms with Crippen molar-refractivity contribution in [2.24, 2.45) is 0 Å². The predicted molar refractivity (Wildman–Crippen MR) is 137 cm³/mol. The molecule has 0 spiro atoms. The molecule has 0 saturated carbocycles. The summed E-state index contributed by atoms with van der Waals surface area (Å²) >= 11 is 21.0. The van der Waals surface area contributed by atoms with E-state index in [4.69, 9.17) is 44.9 Å². The Morgan fingerprint density at radius 3 is 2.24 bits per heavy atom. The van der Waals surface area contributed by atoms with Gasteiger partial charge in [-0.2, -0.15) is 0 Å². The number of nitrogens with zero attached hydrogens (tertiary/aromatic N) is 2. The number of benzene rings is 2. The molecular weight excluding hydrogens is 551 g/mol. The minimum absolute atomic E-state index is 0.0304. The van der Waals surface area contributed by atoms with Crippen molar-refractivity contribution in [3.63, 3.8) is 0 Å². The molecule has 0 unspecified atom stereocenters. The molecule has 2 aromatic carbocycles. The molecule has 6 nitrogen and oxygen atoms in total. The lowest BCUT2D eigenvalue weighted by Gasteiger charge is -2.35. The summed E-state index contributed by atoms with van der Waals surface area (Å²) in [6.45, 7) is 4.54. The third-order valence-electron chi connectivity index (χ3n) is 5.00. The van der Waals surface area contributed by atoms with Crippen LogP contribution >= 0.6 is 51.3 Å². The summed E-state index contributed by atoms with van der Waals surface area (Å²) < 4.78 is 12.0. The fraction of sp³-hybridized carbons (Fsp3) is 0.261. The Morgan fingerprint density at radius 2 is 1.70 bits per heavy atom. The summed E-state index contributed by atoms with van der Waals surface area (Å²) in [5, 5.41) is 1.25. The summed E-state index contributed by atoms with van der Waals surface area (Å²) in [4.78, 5) is 28.6. The van der Waals surface area contributed by atoms with E-state index in [2.05, 4.69) is 15.9 Å². The topological polar surface area (TPSA) is 59.1 Å². The molecule has 1 saturated heterocycles. The van der Waals surface area contributed by atoms with E-state index in [1.54, 1.807) is 30.3 Å². The second-order valence-corrected chi connectivity index (χ2v) is 9.06. The van der Waals surface area contributed by atoms with Gasteiger partial charge in [0.05, 0.1) is 11.6 Å². The molecule has 33 heavy (non-hydrogen) atoms. The average molecular weight is 572 g/mol. The van der Waals surface area contributed by atoms with Crippen LogP contribution in [0.25, 0.3) is 6.08 Å². The highest BCUT2D eigenvalue weighted by molar-refractivity contribution is 9.10. The number of carbonyl (C=O) groups is 2. The van der Waals surface area contributed by atoms with Gasteiger partial charge in [-0.25, -0.2) is 0 Å². The van der Waals surface area contributed by atoms with Crippen molar-refractivity contribution in [2.75, 3.05) is 20.2 Å². The minimum Gasteiger partial charge on any atom is -0.493 e. The van der Waals surface area contributed by atoms with E-state index >= 15 is 0 Å². The molecule has 0 radical (unpaired) electrons. The van der Waals surface area contributed by atoms with Gasteiger partial charge < -0.3 is 9.47 Å². The standard InChI is InChI=1S/C23H21BrCl2N2O4S/c1-4-27-21(29)16(22(30)28(5-2)23(27)33)8-13-9-17(24)20(19(10-13)31-3)32-12-14-6-7-15(25)11-18(14)26/h6-11H,4-5,12H2,1-3H3. The van der Waals surface area contributed by atoms with Gasteiger partial charge in [0.15, 0.2) is 16.6 Å². The lowest BCUT2D eigenvalue weighted by molar-refractivity contribution is -0.133. The first-order valence-electron chi connectivity index (χ1n) is 10.0. The van der Waals surface area contributed by atoms with E-state index in [0.717, 1.165) is 5.56 Å². The van der Waals surface area contributed by atoms with E-state index in [1.807, 2.05) is 13.8 Å². The number of amides is 2. The van der Waals surface area contributed by atoms with Gasteiger partial charge in [-0.15, -0.1) is 0 Å². The van der Waals surface area contributed by atoms with E-state index in [0.29, 0.717) is 44.7 Å². The van der Waals surface area contributed by atoms with Crippen LogP contribution in [0.1, 0.15) is 25.0 Å². The van der Waals surface area contributed by atoms with Crippen LogP contribution < -0.4 is 9.47 Å². The van der Waals surface area contributed by atoms with Crippen molar-refractivity contribution >= 4 is 74.4 Å². The minimum atomic E-state index is -0.426.